The maximum atomic E-state index is 13.7. The summed E-state index contributed by atoms with van der Waals surface area (Å²) in [5.74, 6) is 1.50. The van der Waals surface area contributed by atoms with E-state index >= 15 is 0 Å². The smallest absolute Gasteiger partial charge is 0.261 e. The van der Waals surface area contributed by atoms with Gasteiger partial charge in [-0.15, -0.1) is 0 Å². The highest BCUT2D eigenvalue weighted by Crippen LogP contribution is 2.38. The fourth-order valence-electron chi connectivity index (χ4n) is 4.50. The van der Waals surface area contributed by atoms with Gasteiger partial charge in [-0.25, -0.2) is 0 Å². The van der Waals surface area contributed by atoms with Crippen LogP contribution in [0.5, 0.6) is 17.2 Å². The third-order valence-corrected chi connectivity index (χ3v) is 6.22. The van der Waals surface area contributed by atoms with E-state index in [1.807, 2.05) is 49.4 Å². The van der Waals surface area contributed by atoms with E-state index in [9.17, 15) is 9.59 Å². The minimum absolute atomic E-state index is 0.0947. The fourth-order valence-corrected chi connectivity index (χ4v) is 4.50. The molecule has 3 aromatic rings. The van der Waals surface area contributed by atoms with Crippen molar-refractivity contribution in [2.45, 2.75) is 26.0 Å². The number of rotatable bonds is 5. The zero-order valence-electron chi connectivity index (χ0n) is 19.3. The average molecular weight is 456 g/mol. The second kappa shape index (κ2) is 8.71. The zero-order valence-corrected chi connectivity index (χ0v) is 19.3. The molecule has 2 aliphatic rings. The molecule has 3 aromatic carbocycles. The van der Waals surface area contributed by atoms with E-state index in [1.54, 1.807) is 38.5 Å². The van der Waals surface area contributed by atoms with Crippen LogP contribution in [0.4, 0.5) is 0 Å². The molecule has 0 aromatic heterocycles. The van der Waals surface area contributed by atoms with Gasteiger partial charge in [-0.1, -0.05) is 30.3 Å². The molecule has 172 valence electrons. The van der Waals surface area contributed by atoms with Crippen molar-refractivity contribution in [3.8, 4) is 17.2 Å². The third kappa shape index (κ3) is 3.81. The second-order valence-electron chi connectivity index (χ2n) is 8.48. The quantitative estimate of drug-likeness (QED) is 0.410. The van der Waals surface area contributed by atoms with Gasteiger partial charge < -0.3 is 14.2 Å². The Morgan fingerprint density at radius 2 is 1.71 bits per heavy atom. The topological polar surface area (TPSA) is 65.1 Å². The Morgan fingerprint density at radius 1 is 0.971 bits per heavy atom. The molecular formula is C28H25NO5. The molecule has 1 atom stereocenters. The molecule has 2 heterocycles. The van der Waals surface area contributed by atoms with Crippen LogP contribution in [-0.2, 0) is 17.8 Å². The minimum atomic E-state index is -0.351. The number of methoxy groups -OCH3 is 2. The van der Waals surface area contributed by atoms with Crippen LogP contribution in [0.3, 0.4) is 0 Å². The van der Waals surface area contributed by atoms with Crippen molar-refractivity contribution in [1.29, 1.82) is 0 Å². The van der Waals surface area contributed by atoms with Gasteiger partial charge in [-0.2, -0.15) is 0 Å². The fraction of sp³-hybridized carbons (Fsp3) is 0.214. The molecule has 0 saturated heterocycles. The second-order valence-corrected chi connectivity index (χ2v) is 8.48. The molecule has 2 aliphatic heterocycles. The van der Waals surface area contributed by atoms with Crippen LogP contribution in [0.15, 0.2) is 60.7 Å². The predicted octanol–water partition coefficient (Wildman–Crippen LogP) is 4.75. The summed E-state index contributed by atoms with van der Waals surface area (Å²) in [7, 11) is 3.21. The highest BCUT2D eigenvalue weighted by molar-refractivity contribution is 6.33. The Hall–Kier alpha value is -4.06. The molecule has 5 rings (SSSR count). The van der Waals surface area contributed by atoms with Crippen molar-refractivity contribution < 1.29 is 23.8 Å². The van der Waals surface area contributed by atoms with Gasteiger partial charge in [0.1, 0.15) is 23.4 Å². The van der Waals surface area contributed by atoms with Gasteiger partial charge in [0.05, 0.1) is 20.8 Å². The van der Waals surface area contributed by atoms with Gasteiger partial charge >= 0.3 is 0 Å². The van der Waals surface area contributed by atoms with Crippen molar-refractivity contribution in [2.75, 3.05) is 14.2 Å². The van der Waals surface area contributed by atoms with Crippen molar-refractivity contribution in [3.05, 3.63) is 88.5 Å². The van der Waals surface area contributed by atoms with Crippen molar-refractivity contribution in [3.63, 3.8) is 0 Å². The van der Waals surface area contributed by atoms with Crippen molar-refractivity contribution in [1.82, 2.24) is 4.90 Å². The van der Waals surface area contributed by atoms with Gasteiger partial charge in [0.15, 0.2) is 0 Å². The lowest BCUT2D eigenvalue weighted by Crippen LogP contribution is -2.41. The molecular weight excluding hydrogens is 430 g/mol. The van der Waals surface area contributed by atoms with Gasteiger partial charge in [0.25, 0.3) is 11.8 Å². The zero-order chi connectivity index (χ0) is 23.8. The molecule has 0 spiro atoms. The molecule has 0 N–H and O–H groups in total. The number of hydrogen-bond acceptors (Lipinski definition) is 5. The SMILES string of the molecule is COc1ccc(CN2C(=O)/C(=C\c3cc4c(cc3OC)CC(C)O4)c3ccccc3C2=O)cc1. The van der Waals surface area contributed by atoms with Gasteiger partial charge in [0.2, 0.25) is 0 Å². The summed E-state index contributed by atoms with van der Waals surface area (Å²) in [6.07, 6.45) is 2.70. The lowest BCUT2D eigenvalue weighted by atomic mass is 9.91. The maximum Gasteiger partial charge on any atom is 0.261 e. The molecule has 1 unspecified atom stereocenters. The average Bonchev–Trinajstić information content (AvgIpc) is 3.22. The Balaban J connectivity index is 1.58. The Bertz CT molecular complexity index is 1310. The summed E-state index contributed by atoms with van der Waals surface area (Å²) in [4.78, 5) is 28.2. The Morgan fingerprint density at radius 3 is 2.41 bits per heavy atom. The van der Waals surface area contributed by atoms with Crippen molar-refractivity contribution in [2.24, 2.45) is 0 Å². The number of imide groups is 1. The summed E-state index contributed by atoms with van der Waals surface area (Å²) >= 11 is 0. The molecule has 0 bridgehead atoms. The maximum absolute atomic E-state index is 13.7. The minimum Gasteiger partial charge on any atom is -0.497 e. The number of fused-ring (bicyclic) bond motifs is 2. The number of ether oxygens (including phenoxy) is 3. The first-order valence-corrected chi connectivity index (χ1v) is 11.2. The van der Waals surface area contributed by atoms with Crippen LogP contribution >= 0.6 is 0 Å². The summed E-state index contributed by atoms with van der Waals surface area (Å²) < 4.78 is 16.8. The third-order valence-electron chi connectivity index (χ3n) is 6.22. The molecule has 0 fully saturated rings. The van der Waals surface area contributed by atoms with E-state index in [1.165, 1.54) is 4.90 Å². The predicted molar refractivity (Wildman–Crippen MR) is 129 cm³/mol. The molecule has 34 heavy (non-hydrogen) atoms. The number of nitrogens with zero attached hydrogens (tertiary/aromatic N) is 1. The highest BCUT2D eigenvalue weighted by Gasteiger charge is 2.35. The Kier molecular flexibility index (Phi) is 5.57. The highest BCUT2D eigenvalue weighted by atomic mass is 16.5. The Labute approximate surface area is 198 Å². The first-order valence-electron chi connectivity index (χ1n) is 11.2. The number of hydrogen-bond donors (Lipinski definition) is 0. The summed E-state index contributed by atoms with van der Waals surface area (Å²) in [5.41, 5.74) is 4.18. The summed E-state index contributed by atoms with van der Waals surface area (Å²) in [6.45, 7) is 2.18. The first-order chi connectivity index (χ1) is 16.5. The number of carbonyl (C=O) groups is 2. The summed E-state index contributed by atoms with van der Waals surface area (Å²) in [6, 6.07) is 18.4. The standard InChI is InChI=1S/C28H25NO5/c1-17-12-19-14-25(33-3)20(15-26(19)34-17)13-24-22-6-4-5-7-23(22)27(30)29(28(24)31)16-18-8-10-21(32-2)11-9-18/h4-11,13-15,17H,12,16H2,1-3H3/b24-13-. The largest absolute Gasteiger partial charge is 0.497 e. The molecule has 6 nitrogen and oxygen atoms in total. The summed E-state index contributed by atoms with van der Waals surface area (Å²) in [5, 5.41) is 0. The van der Waals surface area contributed by atoms with E-state index in [-0.39, 0.29) is 24.5 Å². The molecule has 0 aliphatic carbocycles. The normalized spacial score (nSPS) is 17.9. The van der Waals surface area contributed by atoms with Crippen molar-refractivity contribution >= 4 is 23.5 Å². The number of benzene rings is 3. The van der Waals surface area contributed by atoms with E-state index < -0.39 is 0 Å². The van der Waals surface area contributed by atoms with Crippen LogP contribution in [0.2, 0.25) is 0 Å². The van der Waals surface area contributed by atoms with Gasteiger partial charge in [0, 0.05) is 28.7 Å². The molecule has 0 saturated carbocycles. The number of amides is 2. The van der Waals surface area contributed by atoms with Crippen LogP contribution in [0, 0.1) is 0 Å². The first kappa shape index (κ1) is 21.8. The van der Waals surface area contributed by atoms with Gasteiger partial charge in [-0.3, -0.25) is 14.5 Å². The van der Waals surface area contributed by atoms with Crippen LogP contribution in [0.25, 0.3) is 11.6 Å². The lowest BCUT2D eigenvalue weighted by Gasteiger charge is -2.29. The van der Waals surface area contributed by atoms with Gasteiger partial charge in [-0.05, 0) is 54.5 Å². The molecule has 0 radical (unpaired) electrons. The van der Waals surface area contributed by atoms with E-state index in [0.717, 1.165) is 28.9 Å². The monoisotopic (exact) mass is 455 g/mol. The molecule has 2 amide bonds. The van der Waals surface area contributed by atoms with Crippen LogP contribution in [0.1, 0.15) is 39.5 Å². The van der Waals surface area contributed by atoms with Crippen LogP contribution < -0.4 is 14.2 Å². The van der Waals surface area contributed by atoms with E-state index in [0.29, 0.717) is 28.2 Å². The lowest BCUT2D eigenvalue weighted by molar-refractivity contribution is -0.123. The van der Waals surface area contributed by atoms with Crippen LogP contribution in [-0.4, -0.2) is 37.0 Å². The molecule has 6 heteroatoms. The van der Waals surface area contributed by atoms with E-state index in [2.05, 4.69) is 0 Å². The van der Waals surface area contributed by atoms with E-state index in [4.69, 9.17) is 14.2 Å². The number of carbonyl (C=O) groups excluding carboxylic acids is 2.